The van der Waals surface area contributed by atoms with E-state index in [1.165, 1.54) is 5.56 Å². The molecule has 4 rings (SSSR count). The van der Waals surface area contributed by atoms with Gasteiger partial charge in [0.15, 0.2) is 5.78 Å². The third-order valence-corrected chi connectivity index (χ3v) is 7.04. The van der Waals surface area contributed by atoms with Crippen LogP contribution in [0.15, 0.2) is 53.4 Å². The Balaban J connectivity index is 1.54. The summed E-state index contributed by atoms with van der Waals surface area (Å²) in [4.78, 5) is 41.1. The number of carbonyl (C=O) groups excluding carboxylic acids is 3. The van der Waals surface area contributed by atoms with Crippen molar-refractivity contribution >= 4 is 29.2 Å². The molecule has 0 aromatic heterocycles. The van der Waals surface area contributed by atoms with Crippen LogP contribution in [-0.4, -0.2) is 28.4 Å². The maximum absolute atomic E-state index is 13.1. The zero-order chi connectivity index (χ0) is 20.4. The van der Waals surface area contributed by atoms with E-state index in [2.05, 4.69) is 18.2 Å². The Bertz CT molecular complexity index is 940. The Morgan fingerprint density at radius 1 is 1.03 bits per heavy atom. The highest BCUT2D eigenvalue weighted by atomic mass is 32.2. The summed E-state index contributed by atoms with van der Waals surface area (Å²) < 4.78 is 0. The van der Waals surface area contributed by atoms with Gasteiger partial charge in [-0.05, 0) is 36.1 Å². The number of thioether (sulfide) groups is 1. The molecule has 0 spiro atoms. The lowest BCUT2D eigenvalue weighted by Gasteiger charge is -2.33. The van der Waals surface area contributed by atoms with Gasteiger partial charge in [-0.25, -0.2) is 0 Å². The van der Waals surface area contributed by atoms with E-state index in [1.54, 1.807) is 16.7 Å². The standard InChI is InChI=1S/C24H25NO3S/c1-2-7-18-21(26)13-12-20(23(18)27)25-14-19-17(24(25)28)10-6-11-22(19)29-15-16-8-4-3-5-9-16/h3-6,8-11,18,20H,2,7,12-15H2,1H3. The second-order valence-corrected chi connectivity index (χ2v) is 8.77. The van der Waals surface area contributed by atoms with Crippen LogP contribution in [0.25, 0.3) is 0 Å². The Hall–Kier alpha value is -2.40. The van der Waals surface area contributed by atoms with Crippen molar-refractivity contribution in [2.24, 2.45) is 5.92 Å². The van der Waals surface area contributed by atoms with Crippen molar-refractivity contribution in [3.05, 3.63) is 65.2 Å². The number of hydrogen-bond donors (Lipinski definition) is 0. The molecular weight excluding hydrogens is 382 g/mol. The number of nitrogens with zero attached hydrogens (tertiary/aromatic N) is 1. The van der Waals surface area contributed by atoms with Crippen LogP contribution in [0.5, 0.6) is 0 Å². The van der Waals surface area contributed by atoms with Crippen molar-refractivity contribution in [3.8, 4) is 0 Å². The maximum Gasteiger partial charge on any atom is 0.255 e. The number of benzene rings is 2. The first-order valence-electron chi connectivity index (χ1n) is 10.3. The van der Waals surface area contributed by atoms with Gasteiger partial charge in [0, 0.05) is 29.2 Å². The lowest BCUT2D eigenvalue weighted by Crippen LogP contribution is -2.49. The van der Waals surface area contributed by atoms with E-state index in [0.29, 0.717) is 31.4 Å². The number of ketones is 2. The topological polar surface area (TPSA) is 54.5 Å². The lowest BCUT2D eigenvalue weighted by atomic mass is 9.80. The highest BCUT2D eigenvalue weighted by molar-refractivity contribution is 7.98. The summed E-state index contributed by atoms with van der Waals surface area (Å²) in [7, 11) is 0. The number of carbonyl (C=O) groups is 3. The van der Waals surface area contributed by atoms with E-state index in [9.17, 15) is 14.4 Å². The summed E-state index contributed by atoms with van der Waals surface area (Å²) in [5, 5.41) is 0. The van der Waals surface area contributed by atoms with Gasteiger partial charge in [-0.2, -0.15) is 0 Å². The van der Waals surface area contributed by atoms with Crippen LogP contribution in [0.2, 0.25) is 0 Å². The molecule has 2 aromatic rings. The summed E-state index contributed by atoms with van der Waals surface area (Å²) in [5.41, 5.74) is 2.94. The second-order valence-electron chi connectivity index (χ2n) is 7.75. The summed E-state index contributed by atoms with van der Waals surface area (Å²) in [5.74, 6) is 0.187. The zero-order valence-electron chi connectivity index (χ0n) is 16.6. The average molecular weight is 408 g/mol. The fourth-order valence-corrected chi connectivity index (χ4v) is 5.37. The Kier molecular flexibility index (Phi) is 5.86. The summed E-state index contributed by atoms with van der Waals surface area (Å²) >= 11 is 1.72. The van der Waals surface area contributed by atoms with Gasteiger partial charge in [0.1, 0.15) is 5.78 Å². The van der Waals surface area contributed by atoms with Gasteiger partial charge < -0.3 is 4.90 Å². The van der Waals surface area contributed by atoms with Crippen molar-refractivity contribution in [3.63, 3.8) is 0 Å². The van der Waals surface area contributed by atoms with Gasteiger partial charge in [-0.1, -0.05) is 49.7 Å². The molecule has 1 aliphatic carbocycles. The summed E-state index contributed by atoms with van der Waals surface area (Å²) in [6.07, 6.45) is 2.21. The monoisotopic (exact) mass is 407 g/mol. The number of fused-ring (bicyclic) bond motifs is 1. The third kappa shape index (κ3) is 3.88. The lowest BCUT2D eigenvalue weighted by molar-refractivity contribution is -0.139. The number of Topliss-reactive ketones (excluding diaryl/α,β-unsaturated/α-hetero) is 2. The predicted molar refractivity (Wildman–Crippen MR) is 114 cm³/mol. The highest BCUT2D eigenvalue weighted by Gasteiger charge is 2.43. The van der Waals surface area contributed by atoms with Gasteiger partial charge in [0.2, 0.25) is 0 Å². The molecule has 0 saturated heterocycles. The molecule has 0 bridgehead atoms. The van der Waals surface area contributed by atoms with Crippen molar-refractivity contribution in [1.29, 1.82) is 0 Å². The van der Waals surface area contributed by atoms with Crippen LogP contribution in [0, 0.1) is 5.92 Å². The summed E-state index contributed by atoms with van der Waals surface area (Å²) in [6.45, 7) is 2.44. The van der Waals surface area contributed by atoms with E-state index in [-0.39, 0.29) is 17.5 Å². The predicted octanol–water partition coefficient (Wildman–Crippen LogP) is 4.65. The number of rotatable bonds is 6. The number of amides is 1. The van der Waals surface area contributed by atoms with Crippen molar-refractivity contribution in [2.75, 3.05) is 0 Å². The zero-order valence-corrected chi connectivity index (χ0v) is 17.4. The molecule has 2 aromatic carbocycles. The summed E-state index contributed by atoms with van der Waals surface area (Å²) in [6, 6.07) is 15.6. The Morgan fingerprint density at radius 2 is 1.83 bits per heavy atom. The van der Waals surface area contributed by atoms with Gasteiger partial charge >= 0.3 is 0 Å². The van der Waals surface area contributed by atoms with Crippen LogP contribution < -0.4 is 0 Å². The van der Waals surface area contributed by atoms with Crippen molar-refractivity contribution in [2.45, 2.75) is 55.8 Å². The molecule has 1 amide bonds. The molecule has 2 aliphatic rings. The molecule has 1 aliphatic heterocycles. The molecule has 2 unspecified atom stereocenters. The molecule has 2 atom stereocenters. The second kappa shape index (κ2) is 8.54. The minimum absolute atomic E-state index is 0.0383. The first kappa shape index (κ1) is 19.9. The van der Waals surface area contributed by atoms with Gasteiger partial charge in [-0.3, -0.25) is 14.4 Å². The normalized spacial score (nSPS) is 21.6. The molecule has 1 saturated carbocycles. The van der Waals surface area contributed by atoms with E-state index in [1.807, 2.05) is 37.3 Å². The van der Waals surface area contributed by atoms with E-state index >= 15 is 0 Å². The molecule has 0 radical (unpaired) electrons. The fourth-order valence-electron chi connectivity index (χ4n) is 4.34. The first-order chi connectivity index (χ1) is 14.1. The van der Waals surface area contributed by atoms with Crippen molar-refractivity contribution in [1.82, 2.24) is 4.90 Å². The van der Waals surface area contributed by atoms with Crippen LogP contribution in [0.4, 0.5) is 0 Å². The Morgan fingerprint density at radius 3 is 2.59 bits per heavy atom. The number of hydrogen-bond acceptors (Lipinski definition) is 4. The minimum Gasteiger partial charge on any atom is -0.324 e. The molecule has 4 nitrogen and oxygen atoms in total. The average Bonchev–Trinajstić information content (AvgIpc) is 3.07. The van der Waals surface area contributed by atoms with Crippen LogP contribution in [-0.2, 0) is 21.9 Å². The quantitative estimate of drug-likeness (QED) is 0.517. The van der Waals surface area contributed by atoms with Gasteiger partial charge in [-0.15, -0.1) is 11.8 Å². The first-order valence-corrected chi connectivity index (χ1v) is 11.2. The maximum atomic E-state index is 13.1. The largest absolute Gasteiger partial charge is 0.324 e. The van der Waals surface area contributed by atoms with Crippen LogP contribution in [0.1, 0.15) is 54.1 Å². The Labute approximate surface area is 175 Å². The molecule has 1 heterocycles. The van der Waals surface area contributed by atoms with Gasteiger partial charge in [0.05, 0.1) is 12.0 Å². The molecule has 150 valence electrons. The highest BCUT2D eigenvalue weighted by Crippen LogP contribution is 2.37. The van der Waals surface area contributed by atoms with Gasteiger partial charge in [0.25, 0.3) is 5.91 Å². The minimum atomic E-state index is -0.540. The van der Waals surface area contributed by atoms with E-state index in [0.717, 1.165) is 22.6 Å². The fraction of sp³-hybridized carbons (Fsp3) is 0.375. The molecular formula is C24H25NO3S. The smallest absolute Gasteiger partial charge is 0.255 e. The van der Waals surface area contributed by atoms with E-state index < -0.39 is 12.0 Å². The van der Waals surface area contributed by atoms with Crippen LogP contribution >= 0.6 is 11.8 Å². The van der Waals surface area contributed by atoms with Crippen LogP contribution in [0.3, 0.4) is 0 Å². The third-order valence-electron chi connectivity index (χ3n) is 5.87. The molecule has 1 fully saturated rings. The molecule has 5 heteroatoms. The van der Waals surface area contributed by atoms with E-state index in [4.69, 9.17) is 0 Å². The molecule has 29 heavy (non-hydrogen) atoms. The van der Waals surface area contributed by atoms with Crippen molar-refractivity contribution < 1.29 is 14.4 Å². The SMILES string of the molecule is CCCC1C(=O)CCC(N2Cc3c(SCc4ccccc4)cccc3C2=O)C1=O. The molecule has 0 N–H and O–H groups in total.